The van der Waals surface area contributed by atoms with E-state index in [4.69, 9.17) is 4.74 Å². The summed E-state index contributed by atoms with van der Waals surface area (Å²) >= 11 is 0. The number of aromatic nitrogens is 2. The van der Waals surface area contributed by atoms with Gasteiger partial charge in [-0.15, -0.1) is 0 Å². The van der Waals surface area contributed by atoms with Crippen molar-refractivity contribution in [2.45, 2.75) is 38.2 Å². The number of nitrogens with one attached hydrogen (secondary N) is 2. The van der Waals surface area contributed by atoms with Crippen molar-refractivity contribution in [2.75, 3.05) is 13.2 Å². The minimum Gasteiger partial charge on any atom is -0.378 e. The van der Waals surface area contributed by atoms with Crippen LogP contribution < -0.4 is 5.32 Å². The smallest absolute Gasteiger partial charge is 0.254 e. The molecule has 0 saturated heterocycles. The zero-order valence-electron chi connectivity index (χ0n) is 13.9. The lowest BCUT2D eigenvalue weighted by Gasteiger charge is -2.29. The predicted molar refractivity (Wildman–Crippen MR) is 92.8 cm³/mol. The molecule has 2 N–H and O–H groups in total. The summed E-state index contributed by atoms with van der Waals surface area (Å²) < 4.78 is 6.07. The van der Waals surface area contributed by atoms with E-state index in [1.54, 1.807) is 12.4 Å². The molecule has 5 heteroatoms. The van der Waals surface area contributed by atoms with Crippen LogP contribution in [0.15, 0.2) is 42.7 Å². The lowest BCUT2D eigenvalue weighted by Crippen LogP contribution is -2.33. The molecule has 2 aromatic rings. The van der Waals surface area contributed by atoms with Crippen LogP contribution in [0.4, 0.5) is 0 Å². The minimum atomic E-state index is -0.0594. The van der Waals surface area contributed by atoms with Gasteiger partial charge >= 0.3 is 0 Å². The third-order valence-corrected chi connectivity index (χ3v) is 4.63. The SMILES string of the molecule is O=C(NC[C@@H]1CCC[C@H](OCCc2ccccc2)C1)c1cn[nH]c1. The van der Waals surface area contributed by atoms with Crippen LogP contribution in [0.5, 0.6) is 0 Å². The molecule has 0 radical (unpaired) electrons. The molecular weight excluding hydrogens is 302 g/mol. The Hall–Kier alpha value is -2.14. The third kappa shape index (κ3) is 4.93. The maximum Gasteiger partial charge on any atom is 0.254 e. The molecule has 3 rings (SSSR count). The molecule has 1 aromatic carbocycles. The first-order valence-electron chi connectivity index (χ1n) is 8.74. The first kappa shape index (κ1) is 16.7. The number of H-pyrrole nitrogens is 1. The second-order valence-corrected chi connectivity index (χ2v) is 6.46. The van der Waals surface area contributed by atoms with Gasteiger partial charge in [0.25, 0.3) is 5.91 Å². The molecule has 1 amide bonds. The maximum atomic E-state index is 12.0. The number of rotatable bonds is 7. The molecule has 5 nitrogen and oxygen atoms in total. The highest BCUT2D eigenvalue weighted by atomic mass is 16.5. The molecule has 2 atom stereocenters. The molecule has 1 aromatic heterocycles. The van der Waals surface area contributed by atoms with E-state index >= 15 is 0 Å². The van der Waals surface area contributed by atoms with E-state index in [2.05, 4.69) is 39.8 Å². The minimum absolute atomic E-state index is 0.0594. The predicted octanol–water partition coefficient (Wildman–Crippen LogP) is 2.96. The number of hydrogen-bond acceptors (Lipinski definition) is 3. The van der Waals surface area contributed by atoms with Gasteiger partial charge < -0.3 is 10.1 Å². The van der Waals surface area contributed by atoms with Crippen LogP contribution in [0, 0.1) is 5.92 Å². The number of carbonyl (C=O) groups excluding carboxylic acids is 1. The molecule has 24 heavy (non-hydrogen) atoms. The Kier molecular flexibility index (Phi) is 6.01. The highest BCUT2D eigenvalue weighted by Crippen LogP contribution is 2.26. The standard InChI is InChI=1S/C19H25N3O2/c23-19(17-13-21-22-14-17)20-12-16-7-4-8-18(11-16)24-10-9-15-5-2-1-3-6-15/h1-3,5-6,13-14,16,18H,4,7-12H2,(H,20,23)(H,21,22)/t16-,18+/m1/s1. The average molecular weight is 327 g/mol. The van der Waals surface area contributed by atoms with Crippen molar-refractivity contribution in [1.29, 1.82) is 0 Å². The summed E-state index contributed by atoms with van der Waals surface area (Å²) in [5.74, 6) is 0.437. The number of amides is 1. The van der Waals surface area contributed by atoms with Gasteiger partial charge in [0.05, 0.1) is 24.5 Å². The van der Waals surface area contributed by atoms with Crippen molar-refractivity contribution < 1.29 is 9.53 Å². The van der Waals surface area contributed by atoms with E-state index in [0.717, 1.165) is 32.3 Å². The Morgan fingerprint density at radius 3 is 2.96 bits per heavy atom. The van der Waals surface area contributed by atoms with Crippen LogP contribution in [0.2, 0.25) is 0 Å². The Morgan fingerprint density at radius 1 is 1.29 bits per heavy atom. The molecule has 0 unspecified atom stereocenters. The zero-order chi connectivity index (χ0) is 16.6. The summed E-state index contributed by atoms with van der Waals surface area (Å²) in [5.41, 5.74) is 1.90. The number of ether oxygens (including phenoxy) is 1. The maximum absolute atomic E-state index is 12.0. The topological polar surface area (TPSA) is 67.0 Å². The van der Waals surface area contributed by atoms with Crippen LogP contribution in [-0.4, -0.2) is 35.4 Å². The van der Waals surface area contributed by atoms with E-state index < -0.39 is 0 Å². The Morgan fingerprint density at radius 2 is 2.17 bits per heavy atom. The van der Waals surface area contributed by atoms with Gasteiger partial charge in [0.2, 0.25) is 0 Å². The lowest BCUT2D eigenvalue weighted by atomic mass is 9.87. The highest BCUT2D eigenvalue weighted by Gasteiger charge is 2.23. The van der Waals surface area contributed by atoms with Gasteiger partial charge in [-0.3, -0.25) is 9.89 Å². The quantitative estimate of drug-likeness (QED) is 0.821. The van der Waals surface area contributed by atoms with Crippen molar-refractivity contribution in [3.8, 4) is 0 Å². The summed E-state index contributed by atoms with van der Waals surface area (Å²) in [6.07, 6.45) is 8.92. The van der Waals surface area contributed by atoms with Gasteiger partial charge in [-0.1, -0.05) is 36.8 Å². The monoisotopic (exact) mass is 327 g/mol. The molecule has 1 aliphatic carbocycles. The summed E-state index contributed by atoms with van der Waals surface area (Å²) in [5, 5.41) is 9.47. The van der Waals surface area contributed by atoms with Gasteiger partial charge in [0.15, 0.2) is 0 Å². The highest BCUT2D eigenvalue weighted by molar-refractivity contribution is 5.93. The van der Waals surface area contributed by atoms with E-state index in [1.807, 2.05) is 6.07 Å². The van der Waals surface area contributed by atoms with E-state index in [0.29, 0.717) is 24.1 Å². The normalized spacial score (nSPS) is 20.7. The molecular formula is C19H25N3O2. The van der Waals surface area contributed by atoms with E-state index in [9.17, 15) is 4.79 Å². The molecule has 0 aliphatic heterocycles. The van der Waals surface area contributed by atoms with Crippen LogP contribution in [0.25, 0.3) is 0 Å². The Bertz CT molecular complexity index is 613. The van der Waals surface area contributed by atoms with Crippen LogP contribution >= 0.6 is 0 Å². The van der Waals surface area contributed by atoms with Crippen molar-refractivity contribution in [2.24, 2.45) is 5.92 Å². The van der Waals surface area contributed by atoms with Crippen LogP contribution in [0.1, 0.15) is 41.6 Å². The van der Waals surface area contributed by atoms with Gasteiger partial charge in [-0.05, 0) is 37.2 Å². The van der Waals surface area contributed by atoms with Gasteiger partial charge in [-0.25, -0.2) is 0 Å². The summed E-state index contributed by atoms with van der Waals surface area (Å²) in [4.78, 5) is 12.0. The second-order valence-electron chi connectivity index (χ2n) is 6.46. The van der Waals surface area contributed by atoms with E-state index in [1.165, 1.54) is 12.0 Å². The molecule has 1 saturated carbocycles. The van der Waals surface area contributed by atoms with Gasteiger partial charge in [0.1, 0.15) is 0 Å². The summed E-state index contributed by atoms with van der Waals surface area (Å²) in [7, 11) is 0. The number of aromatic amines is 1. The molecule has 1 heterocycles. The molecule has 1 fully saturated rings. The largest absolute Gasteiger partial charge is 0.378 e. The number of nitrogens with zero attached hydrogens (tertiary/aromatic N) is 1. The average Bonchev–Trinajstić information content (AvgIpc) is 3.16. The Labute approximate surface area is 142 Å². The van der Waals surface area contributed by atoms with E-state index in [-0.39, 0.29) is 5.91 Å². The van der Waals surface area contributed by atoms with Gasteiger partial charge in [0, 0.05) is 12.7 Å². The fourth-order valence-corrected chi connectivity index (χ4v) is 3.28. The fourth-order valence-electron chi connectivity index (χ4n) is 3.28. The van der Waals surface area contributed by atoms with Crippen LogP contribution in [0.3, 0.4) is 0 Å². The second kappa shape index (κ2) is 8.64. The molecule has 0 spiro atoms. The third-order valence-electron chi connectivity index (χ3n) is 4.63. The van der Waals surface area contributed by atoms with Crippen molar-refractivity contribution in [3.05, 3.63) is 53.9 Å². The summed E-state index contributed by atoms with van der Waals surface area (Å²) in [6, 6.07) is 10.4. The van der Waals surface area contributed by atoms with Gasteiger partial charge in [-0.2, -0.15) is 5.10 Å². The lowest BCUT2D eigenvalue weighted by molar-refractivity contribution is 0.0147. The fraction of sp³-hybridized carbons (Fsp3) is 0.474. The molecule has 128 valence electrons. The summed E-state index contributed by atoms with van der Waals surface area (Å²) in [6.45, 7) is 1.48. The first-order chi connectivity index (χ1) is 11.8. The van der Waals surface area contributed by atoms with Crippen molar-refractivity contribution in [3.63, 3.8) is 0 Å². The molecule has 0 bridgehead atoms. The number of hydrogen-bond donors (Lipinski definition) is 2. The molecule has 1 aliphatic rings. The first-order valence-corrected chi connectivity index (χ1v) is 8.74. The number of carbonyl (C=O) groups is 1. The Balaban J connectivity index is 1.37. The van der Waals surface area contributed by atoms with Crippen molar-refractivity contribution in [1.82, 2.24) is 15.5 Å². The zero-order valence-corrected chi connectivity index (χ0v) is 13.9. The van der Waals surface area contributed by atoms with Crippen LogP contribution in [-0.2, 0) is 11.2 Å². The number of benzene rings is 1. The van der Waals surface area contributed by atoms with Crippen molar-refractivity contribution >= 4 is 5.91 Å².